The lowest BCUT2D eigenvalue weighted by Gasteiger charge is -2.27. The van der Waals surface area contributed by atoms with Gasteiger partial charge >= 0.3 is 0 Å². The molecule has 27 heavy (non-hydrogen) atoms. The molecule has 1 saturated heterocycles. The normalized spacial score (nSPS) is 15.7. The van der Waals surface area contributed by atoms with Crippen molar-refractivity contribution in [1.29, 1.82) is 0 Å². The Balaban J connectivity index is 1.48. The number of nitrogens with zero attached hydrogens (tertiary/aromatic N) is 3. The number of thiazole rings is 1. The lowest BCUT2D eigenvalue weighted by atomic mass is 10.0. The topological polar surface area (TPSA) is 52.6 Å². The van der Waals surface area contributed by atoms with Crippen LogP contribution in [0, 0.1) is 6.92 Å². The number of benzene rings is 1. The van der Waals surface area contributed by atoms with Crippen LogP contribution in [0.25, 0.3) is 0 Å². The minimum absolute atomic E-state index is 0.791. The Morgan fingerprint density at radius 1 is 1.15 bits per heavy atom. The quantitative estimate of drug-likeness (QED) is 0.567. The Bertz CT molecular complexity index is 734. The van der Waals surface area contributed by atoms with E-state index in [0.717, 1.165) is 42.7 Å². The molecule has 1 aliphatic rings. The van der Waals surface area contributed by atoms with Gasteiger partial charge < -0.3 is 10.6 Å². The van der Waals surface area contributed by atoms with Crippen LogP contribution < -0.4 is 10.6 Å². The molecule has 0 spiro atoms. The second-order valence-electron chi connectivity index (χ2n) is 7.07. The van der Waals surface area contributed by atoms with Gasteiger partial charge in [-0.3, -0.25) is 9.89 Å². The van der Waals surface area contributed by atoms with E-state index in [0.29, 0.717) is 0 Å². The molecule has 1 aliphatic heterocycles. The molecule has 0 amide bonds. The predicted molar refractivity (Wildman–Crippen MR) is 114 cm³/mol. The van der Waals surface area contributed by atoms with E-state index in [9.17, 15) is 0 Å². The molecular formula is C21H31N5S. The average molecular weight is 386 g/mol. The van der Waals surface area contributed by atoms with E-state index < -0.39 is 0 Å². The zero-order chi connectivity index (χ0) is 18.9. The molecule has 6 heteroatoms. The second-order valence-corrected chi connectivity index (χ2v) is 8.13. The standard InChI is InChI=1S/C21H31N5S/c1-17-25-20(16-27-17)10-11-23-21(22-2)24-14-18-8-4-5-9-19(18)15-26-12-6-3-7-13-26/h4-5,8-9,16H,3,6-7,10-15H2,1-2H3,(H2,22,23,24). The molecule has 1 aromatic carbocycles. The van der Waals surface area contributed by atoms with Crippen LogP contribution in [0.3, 0.4) is 0 Å². The highest BCUT2D eigenvalue weighted by atomic mass is 32.1. The fraction of sp³-hybridized carbons (Fsp3) is 0.524. The molecule has 0 atom stereocenters. The van der Waals surface area contributed by atoms with Gasteiger partial charge in [0.15, 0.2) is 5.96 Å². The van der Waals surface area contributed by atoms with Crippen LogP contribution >= 0.6 is 11.3 Å². The molecule has 146 valence electrons. The van der Waals surface area contributed by atoms with Crippen LogP contribution in [0.4, 0.5) is 0 Å². The van der Waals surface area contributed by atoms with E-state index in [-0.39, 0.29) is 0 Å². The third kappa shape index (κ3) is 6.33. The van der Waals surface area contributed by atoms with Gasteiger partial charge in [0.2, 0.25) is 0 Å². The highest BCUT2D eigenvalue weighted by Gasteiger charge is 2.12. The molecule has 1 aromatic heterocycles. The average Bonchev–Trinajstić information content (AvgIpc) is 3.11. The van der Waals surface area contributed by atoms with Crippen molar-refractivity contribution >= 4 is 17.3 Å². The van der Waals surface area contributed by atoms with E-state index in [1.54, 1.807) is 11.3 Å². The van der Waals surface area contributed by atoms with E-state index >= 15 is 0 Å². The van der Waals surface area contributed by atoms with Gasteiger partial charge in [-0.25, -0.2) is 4.98 Å². The summed E-state index contributed by atoms with van der Waals surface area (Å²) in [4.78, 5) is 11.4. The summed E-state index contributed by atoms with van der Waals surface area (Å²) < 4.78 is 0. The summed E-state index contributed by atoms with van der Waals surface area (Å²) in [7, 11) is 1.82. The summed E-state index contributed by atoms with van der Waals surface area (Å²) in [6.07, 6.45) is 4.95. The van der Waals surface area contributed by atoms with E-state index in [2.05, 4.69) is 55.2 Å². The minimum Gasteiger partial charge on any atom is -0.356 e. The molecule has 0 aliphatic carbocycles. The zero-order valence-electron chi connectivity index (χ0n) is 16.5. The van der Waals surface area contributed by atoms with Crippen molar-refractivity contribution in [1.82, 2.24) is 20.5 Å². The predicted octanol–water partition coefficient (Wildman–Crippen LogP) is 3.35. The number of nitrogens with one attached hydrogen (secondary N) is 2. The number of hydrogen-bond acceptors (Lipinski definition) is 4. The minimum atomic E-state index is 0.791. The summed E-state index contributed by atoms with van der Waals surface area (Å²) >= 11 is 1.70. The van der Waals surface area contributed by atoms with Crippen molar-refractivity contribution < 1.29 is 0 Å². The number of hydrogen-bond donors (Lipinski definition) is 2. The van der Waals surface area contributed by atoms with Crippen molar-refractivity contribution in [3.63, 3.8) is 0 Å². The SMILES string of the molecule is CN=C(NCCc1csc(C)n1)NCc1ccccc1CN1CCCCC1. The summed E-state index contributed by atoms with van der Waals surface area (Å²) in [5.41, 5.74) is 3.91. The molecule has 1 fully saturated rings. The third-order valence-electron chi connectivity index (χ3n) is 4.97. The van der Waals surface area contributed by atoms with E-state index in [4.69, 9.17) is 0 Å². The Morgan fingerprint density at radius 2 is 1.93 bits per heavy atom. The van der Waals surface area contributed by atoms with Gasteiger partial charge in [0.25, 0.3) is 0 Å². The summed E-state index contributed by atoms with van der Waals surface area (Å²) in [6, 6.07) is 8.74. The highest BCUT2D eigenvalue weighted by molar-refractivity contribution is 7.09. The largest absolute Gasteiger partial charge is 0.356 e. The lowest BCUT2D eigenvalue weighted by Crippen LogP contribution is -2.38. The number of aromatic nitrogens is 1. The maximum absolute atomic E-state index is 4.51. The van der Waals surface area contributed by atoms with Crippen LogP contribution in [0.2, 0.25) is 0 Å². The number of aliphatic imine (C=N–C) groups is 1. The van der Waals surface area contributed by atoms with Gasteiger partial charge in [0.05, 0.1) is 10.7 Å². The zero-order valence-corrected chi connectivity index (χ0v) is 17.3. The van der Waals surface area contributed by atoms with Gasteiger partial charge in [0, 0.05) is 38.5 Å². The summed E-state index contributed by atoms with van der Waals surface area (Å²) in [5.74, 6) is 0.842. The molecule has 0 saturated carbocycles. The van der Waals surface area contributed by atoms with Crippen molar-refractivity contribution in [3.8, 4) is 0 Å². The van der Waals surface area contributed by atoms with Gasteiger partial charge in [0.1, 0.15) is 0 Å². The summed E-state index contributed by atoms with van der Waals surface area (Å²) in [6.45, 7) is 7.16. The molecule has 3 rings (SSSR count). The first-order valence-corrected chi connectivity index (χ1v) is 10.8. The maximum Gasteiger partial charge on any atom is 0.191 e. The number of guanidine groups is 1. The Hall–Kier alpha value is -1.92. The molecule has 2 aromatic rings. The number of rotatable bonds is 7. The maximum atomic E-state index is 4.51. The van der Waals surface area contributed by atoms with Crippen LogP contribution in [-0.4, -0.2) is 42.5 Å². The molecule has 5 nitrogen and oxygen atoms in total. The summed E-state index contributed by atoms with van der Waals surface area (Å²) in [5, 5.41) is 10.1. The Kier molecular flexibility index (Phi) is 7.66. The Morgan fingerprint density at radius 3 is 2.63 bits per heavy atom. The lowest BCUT2D eigenvalue weighted by molar-refractivity contribution is 0.220. The van der Waals surface area contributed by atoms with E-state index in [1.807, 2.05) is 14.0 Å². The van der Waals surface area contributed by atoms with Crippen LogP contribution in [0.1, 0.15) is 41.1 Å². The highest BCUT2D eigenvalue weighted by Crippen LogP contribution is 2.16. The van der Waals surface area contributed by atoms with Crippen molar-refractivity contribution in [2.75, 3.05) is 26.7 Å². The second kappa shape index (κ2) is 10.4. The number of piperidine rings is 1. The molecule has 0 unspecified atom stereocenters. The van der Waals surface area contributed by atoms with Crippen molar-refractivity contribution in [2.45, 2.75) is 45.7 Å². The smallest absolute Gasteiger partial charge is 0.191 e. The van der Waals surface area contributed by atoms with Crippen LogP contribution in [0.15, 0.2) is 34.6 Å². The first kappa shape index (κ1) is 19.8. The Labute approximate surface area is 166 Å². The van der Waals surface area contributed by atoms with E-state index in [1.165, 1.54) is 43.5 Å². The third-order valence-corrected chi connectivity index (χ3v) is 5.79. The van der Waals surface area contributed by atoms with Crippen LogP contribution in [-0.2, 0) is 19.5 Å². The van der Waals surface area contributed by atoms with Gasteiger partial charge in [-0.05, 0) is 44.0 Å². The number of likely N-dealkylation sites (tertiary alicyclic amines) is 1. The van der Waals surface area contributed by atoms with Crippen molar-refractivity contribution in [2.24, 2.45) is 4.99 Å². The van der Waals surface area contributed by atoms with Gasteiger partial charge in [-0.1, -0.05) is 30.7 Å². The van der Waals surface area contributed by atoms with Gasteiger partial charge in [-0.15, -0.1) is 11.3 Å². The molecule has 2 N–H and O–H groups in total. The van der Waals surface area contributed by atoms with Gasteiger partial charge in [-0.2, -0.15) is 0 Å². The molecule has 2 heterocycles. The molecule has 0 bridgehead atoms. The first-order valence-electron chi connectivity index (χ1n) is 9.89. The monoisotopic (exact) mass is 385 g/mol. The molecule has 0 radical (unpaired) electrons. The fourth-order valence-electron chi connectivity index (χ4n) is 3.47. The van der Waals surface area contributed by atoms with Crippen molar-refractivity contribution in [3.05, 3.63) is 51.5 Å². The molecular weight excluding hydrogens is 354 g/mol. The van der Waals surface area contributed by atoms with Crippen LogP contribution in [0.5, 0.6) is 0 Å². The fourth-order valence-corrected chi connectivity index (χ4v) is 4.12. The number of aryl methyl sites for hydroxylation is 1. The first-order chi connectivity index (χ1) is 13.2.